The number of urea groups is 1. The summed E-state index contributed by atoms with van der Waals surface area (Å²) in [6.45, 7) is 2.58. The van der Waals surface area contributed by atoms with Gasteiger partial charge in [0.1, 0.15) is 11.8 Å². The molecule has 0 saturated carbocycles. The lowest BCUT2D eigenvalue weighted by molar-refractivity contribution is 0.194. The standard InChI is InChI=1S/C27H25N3O2/c1-19-10-3-5-12-21(19)26-24-15-9-17-29(24)23-14-7-4-11-20(23)18-30(26)27(31)28-22-13-6-8-16-25(22)32-2/h3-17,26H,18H2,1-2H3,(H,28,31)/t26-/m1/s1. The fourth-order valence-electron chi connectivity index (χ4n) is 4.50. The first-order chi connectivity index (χ1) is 15.7. The molecule has 5 heteroatoms. The van der Waals surface area contributed by atoms with Crippen LogP contribution >= 0.6 is 0 Å². The molecule has 2 amide bonds. The van der Waals surface area contributed by atoms with Crippen molar-refractivity contribution in [3.8, 4) is 11.4 Å². The highest BCUT2D eigenvalue weighted by atomic mass is 16.5. The highest BCUT2D eigenvalue weighted by Gasteiger charge is 2.33. The minimum atomic E-state index is -0.242. The van der Waals surface area contributed by atoms with Crippen LogP contribution in [0.1, 0.15) is 28.4 Å². The van der Waals surface area contributed by atoms with Crippen molar-refractivity contribution >= 4 is 11.7 Å². The van der Waals surface area contributed by atoms with Gasteiger partial charge in [-0.2, -0.15) is 0 Å². The SMILES string of the molecule is COc1ccccc1NC(=O)N1Cc2ccccc2-n2cccc2[C@H]1c1ccccc1C. The van der Waals surface area contributed by atoms with Crippen LogP contribution in [-0.4, -0.2) is 22.6 Å². The minimum Gasteiger partial charge on any atom is -0.495 e. The molecule has 0 bridgehead atoms. The highest BCUT2D eigenvalue weighted by molar-refractivity contribution is 5.91. The number of fused-ring (bicyclic) bond motifs is 3. The molecule has 1 aromatic heterocycles. The first-order valence-corrected chi connectivity index (χ1v) is 10.7. The van der Waals surface area contributed by atoms with Crippen molar-refractivity contribution in [2.24, 2.45) is 0 Å². The number of anilines is 1. The number of amides is 2. The largest absolute Gasteiger partial charge is 0.495 e. The van der Waals surface area contributed by atoms with E-state index >= 15 is 0 Å². The van der Waals surface area contributed by atoms with Gasteiger partial charge in [0.2, 0.25) is 0 Å². The molecule has 0 saturated heterocycles. The van der Waals surface area contributed by atoms with Crippen LogP contribution in [0.2, 0.25) is 0 Å². The Kier molecular flexibility index (Phi) is 5.15. The summed E-state index contributed by atoms with van der Waals surface area (Å²) in [5.74, 6) is 0.631. The molecule has 0 unspecified atom stereocenters. The number of nitrogens with one attached hydrogen (secondary N) is 1. The van der Waals surface area contributed by atoms with Gasteiger partial charge in [0.25, 0.3) is 0 Å². The van der Waals surface area contributed by atoms with Crippen LogP contribution in [0.3, 0.4) is 0 Å². The summed E-state index contributed by atoms with van der Waals surface area (Å²) in [5, 5.41) is 3.08. The maximum atomic E-state index is 13.8. The number of hydrogen-bond donors (Lipinski definition) is 1. The third kappa shape index (κ3) is 3.42. The fourth-order valence-corrected chi connectivity index (χ4v) is 4.50. The number of carbonyl (C=O) groups excluding carboxylic acids is 1. The Hall–Kier alpha value is -3.99. The third-order valence-electron chi connectivity index (χ3n) is 6.06. The number of aryl methyl sites for hydroxylation is 1. The zero-order chi connectivity index (χ0) is 22.1. The van der Waals surface area contributed by atoms with Crippen molar-refractivity contribution in [1.82, 2.24) is 9.47 Å². The van der Waals surface area contributed by atoms with Gasteiger partial charge in [-0.15, -0.1) is 0 Å². The summed E-state index contributed by atoms with van der Waals surface area (Å²) in [6.07, 6.45) is 2.07. The summed E-state index contributed by atoms with van der Waals surface area (Å²) >= 11 is 0. The molecule has 5 rings (SSSR count). The molecule has 0 aliphatic carbocycles. The molecule has 32 heavy (non-hydrogen) atoms. The van der Waals surface area contributed by atoms with E-state index in [0.29, 0.717) is 18.0 Å². The van der Waals surface area contributed by atoms with Crippen LogP contribution in [0, 0.1) is 6.92 Å². The van der Waals surface area contributed by atoms with Crippen LogP contribution in [0.25, 0.3) is 5.69 Å². The highest BCUT2D eigenvalue weighted by Crippen LogP contribution is 2.38. The number of para-hydroxylation sites is 3. The van der Waals surface area contributed by atoms with Crippen LogP contribution in [-0.2, 0) is 6.54 Å². The van der Waals surface area contributed by atoms with Crippen LogP contribution in [0.5, 0.6) is 5.75 Å². The zero-order valence-electron chi connectivity index (χ0n) is 18.2. The fraction of sp³-hybridized carbons (Fsp3) is 0.148. The van der Waals surface area contributed by atoms with Gasteiger partial charge in [-0.05, 0) is 53.9 Å². The molecule has 1 aliphatic heterocycles. The molecular formula is C27H25N3O2. The van der Waals surface area contributed by atoms with E-state index in [4.69, 9.17) is 4.74 Å². The van der Waals surface area contributed by atoms with Gasteiger partial charge < -0.3 is 19.5 Å². The number of ether oxygens (including phenoxy) is 1. The summed E-state index contributed by atoms with van der Waals surface area (Å²) in [7, 11) is 1.61. The average molecular weight is 424 g/mol. The molecule has 2 heterocycles. The Morgan fingerprint density at radius 3 is 2.53 bits per heavy atom. The maximum absolute atomic E-state index is 13.8. The van der Waals surface area contributed by atoms with Crippen LogP contribution in [0.15, 0.2) is 91.1 Å². The Balaban J connectivity index is 1.65. The van der Waals surface area contributed by atoms with E-state index in [0.717, 1.165) is 28.1 Å². The number of nitrogens with zero attached hydrogens (tertiary/aromatic N) is 2. The summed E-state index contributed by atoms with van der Waals surface area (Å²) in [4.78, 5) is 15.7. The molecule has 160 valence electrons. The molecule has 0 fully saturated rings. The molecule has 3 aromatic carbocycles. The van der Waals surface area contributed by atoms with E-state index in [1.807, 2.05) is 59.5 Å². The minimum absolute atomic E-state index is 0.174. The quantitative estimate of drug-likeness (QED) is 0.444. The molecule has 0 spiro atoms. The van der Waals surface area contributed by atoms with E-state index in [1.54, 1.807) is 7.11 Å². The van der Waals surface area contributed by atoms with Crippen molar-refractivity contribution in [1.29, 1.82) is 0 Å². The second kappa shape index (κ2) is 8.27. The molecule has 1 aliphatic rings. The number of aromatic nitrogens is 1. The molecular weight excluding hydrogens is 398 g/mol. The first-order valence-electron chi connectivity index (χ1n) is 10.7. The second-order valence-electron chi connectivity index (χ2n) is 7.95. The number of methoxy groups -OCH3 is 1. The molecule has 1 N–H and O–H groups in total. The van der Waals surface area contributed by atoms with Crippen molar-refractivity contribution in [3.05, 3.63) is 114 Å². The lowest BCUT2D eigenvalue weighted by Crippen LogP contribution is -2.38. The molecule has 0 radical (unpaired) electrons. The summed E-state index contributed by atoms with van der Waals surface area (Å²) in [5.41, 5.74) is 6.15. The topological polar surface area (TPSA) is 46.5 Å². The third-order valence-corrected chi connectivity index (χ3v) is 6.06. The van der Waals surface area contributed by atoms with Gasteiger partial charge in [-0.1, -0.05) is 54.6 Å². The van der Waals surface area contributed by atoms with Gasteiger partial charge >= 0.3 is 6.03 Å². The van der Waals surface area contributed by atoms with Gasteiger partial charge in [0, 0.05) is 11.9 Å². The molecule has 4 aromatic rings. The van der Waals surface area contributed by atoms with E-state index in [2.05, 4.69) is 53.3 Å². The van der Waals surface area contributed by atoms with Gasteiger partial charge in [0.15, 0.2) is 0 Å². The van der Waals surface area contributed by atoms with Crippen LogP contribution in [0.4, 0.5) is 10.5 Å². The normalized spacial score (nSPS) is 14.8. The average Bonchev–Trinajstić information content (AvgIpc) is 3.24. The van der Waals surface area contributed by atoms with Gasteiger partial charge in [-0.3, -0.25) is 0 Å². The monoisotopic (exact) mass is 423 g/mol. The predicted molar refractivity (Wildman–Crippen MR) is 126 cm³/mol. The van der Waals surface area contributed by atoms with Gasteiger partial charge in [-0.25, -0.2) is 4.79 Å². The number of benzene rings is 3. The first kappa shape index (κ1) is 19.9. The van der Waals surface area contributed by atoms with E-state index in [9.17, 15) is 4.79 Å². The second-order valence-corrected chi connectivity index (χ2v) is 7.95. The Bertz CT molecular complexity index is 1280. The van der Waals surface area contributed by atoms with E-state index in [-0.39, 0.29) is 12.1 Å². The van der Waals surface area contributed by atoms with Crippen LogP contribution < -0.4 is 10.1 Å². The molecule has 5 nitrogen and oxygen atoms in total. The lowest BCUT2D eigenvalue weighted by atomic mass is 9.97. The smallest absolute Gasteiger partial charge is 0.323 e. The number of rotatable bonds is 3. The number of hydrogen-bond acceptors (Lipinski definition) is 2. The van der Waals surface area contributed by atoms with Crippen molar-refractivity contribution in [3.63, 3.8) is 0 Å². The predicted octanol–water partition coefficient (Wildman–Crippen LogP) is 5.93. The van der Waals surface area contributed by atoms with E-state index < -0.39 is 0 Å². The summed E-state index contributed by atoms with van der Waals surface area (Å²) < 4.78 is 7.65. The Labute approximate surface area is 187 Å². The summed E-state index contributed by atoms with van der Waals surface area (Å²) in [6, 6.07) is 27.7. The molecule has 1 atom stereocenters. The maximum Gasteiger partial charge on any atom is 0.323 e. The van der Waals surface area contributed by atoms with Crippen molar-refractivity contribution in [2.75, 3.05) is 12.4 Å². The number of carbonyl (C=O) groups is 1. The lowest BCUT2D eigenvalue weighted by Gasteiger charge is -2.32. The Morgan fingerprint density at radius 1 is 0.938 bits per heavy atom. The van der Waals surface area contributed by atoms with Crippen molar-refractivity contribution in [2.45, 2.75) is 19.5 Å². The Morgan fingerprint density at radius 2 is 1.69 bits per heavy atom. The van der Waals surface area contributed by atoms with E-state index in [1.165, 1.54) is 0 Å². The van der Waals surface area contributed by atoms with Gasteiger partial charge in [0.05, 0.1) is 25.0 Å². The zero-order valence-corrected chi connectivity index (χ0v) is 18.2. The van der Waals surface area contributed by atoms with Crippen molar-refractivity contribution < 1.29 is 9.53 Å².